The van der Waals surface area contributed by atoms with Crippen molar-refractivity contribution < 1.29 is 19.0 Å². The number of amides is 2. The summed E-state index contributed by atoms with van der Waals surface area (Å²) in [6.07, 6.45) is -2.19. The zero-order valence-electron chi connectivity index (χ0n) is 9.40. The fraction of sp³-hybridized carbons (Fsp3) is 0.667. The third-order valence-electron chi connectivity index (χ3n) is 2.45. The summed E-state index contributed by atoms with van der Waals surface area (Å²) in [7, 11) is 0. The fourth-order valence-electron chi connectivity index (χ4n) is 1.51. The van der Waals surface area contributed by atoms with Crippen LogP contribution in [-0.2, 0) is 4.74 Å². The van der Waals surface area contributed by atoms with Gasteiger partial charge < -0.3 is 26.3 Å². The van der Waals surface area contributed by atoms with Gasteiger partial charge in [0.25, 0.3) is 0 Å². The average molecular weight is 281 g/mol. The summed E-state index contributed by atoms with van der Waals surface area (Å²) in [4.78, 5) is 14.5. The molecule has 1 rings (SSSR count). The minimum atomic E-state index is -1.50. The lowest BCUT2D eigenvalue weighted by Crippen LogP contribution is -2.42. The molecule has 0 aromatic heterocycles. The summed E-state index contributed by atoms with van der Waals surface area (Å²) in [5, 5.41) is 18.0. The fourth-order valence-corrected chi connectivity index (χ4v) is 1.76. The van der Waals surface area contributed by atoms with Crippen LogP contribution in [0.4, 0.5) is 9.18 Å². The number of hydrogen-bond donors (Lipinski definition) is 4. The molecular formula is C9H14ClFN4O3. The van der Waals surface area contributed by atoms with E-state index in [9.17, 15) is 9.18 Å². The van der Waals surface area contributed by atoms with Gasteiger partial charge in [0.2, 0.25) is 0 Å². The highest BCUT2D eigenvalue weighted by Gasteiger charge is 2.46. The van der Waals surface area contributed by atoms with Crippen molar-refractivity contribution in [3.05, 3.63) is 0 Å². The number of carbonyl (C=O) groups excluding carboxylic acids is 1. The second-order valence-corrected chi connectivity index (χ2v) is 4.13. The summed E-state index contributed by atoms with van der Waals surface area (Å²) in [5.41, 5.74) is 3.94. The number of carbonyl (C=O) groups is 1. The Balaban J connectivity index is 2.64. The van der Waals surface area contributed by atoms with Gasteiger partial charge in [-0.2, -0.15) is 4.99 Å². The maximum atomic E-state index is 13.6. The van der Waals surface area contributed by atoms with Gasteiger partial charge in [-0.05, 0) is 0 Å². The number of urea groups is 1. The van der Waals surface area contributed by atoms with Crippen LogP contribution in [0, 0.1) is 5.41 Å². The molecule has 3 atom stereocenters. The molecule has 7 nitrogen and oxygen atoms in total. The van der Waals surface area contributed by atoms with Crippen LogP contribution in [0.25, 0.3) is 0 Å². The van der Waals surface area contributed by atoms with E-state index >= 15 is 0 Å². The van der Waals surface area contributed by atoms with Gasteiger partial charge in [0.1, 0.15) is 17.6 Å². The second-order valence-electron chi connectivity index (χ2n) is 3.86. The Hall–Kier alpha value is -1.25. The molecule has 0 spiro atoms. The lowest BCUT2D eigenvalue weighted by molar-refractivity contribution is -0.0687. The van der Waals surface area contributed by atoms with Crippen LogP contribution < -0.4 is 11.1 Å². The first-order valence-electron chi connectivity index (χ1n) is 5.10. The monoisotopic (exact) mass is 280 g/mol. The van der Waals surface area contributed by atoms with Crippen LogP contribution in [0.1, 0.15) is 6.42 Å². The number of aliphatic hydroxyl groups excluding tert-OH is 1. The van der Waals surface area contributed by atoms with E-state index in [0.717, 1.165) is 0 Å². The van der Waals surface area contributed by atoms with Crippen molar-refractivity contribution in [2.24, 2.45) is 10.7 Å². The number of aliphatic imine (C=N–C) groups is 1. The zero-order chi connectivity index (χ0) is 13.8. The van der Waals surface area contributed by atoms with Crippen molar-refractivity contribution in [2.45, 2.75) is 24.4 Å². The lowest BCUT2D eigenvalue weighted by Gasteiger charge is -2.23. The SMILES string of the molecule is N=CC(N)=NC(=O)NC1OC(CO)(CCl)CC1F. The molecule has 1 aliphatic rings. The average Bonchev–Trinajstić information content (AvgIpc) is 2.66. The molecule has 18 heavy (non-hydrogen) atoms. The summed E-state index contributed by atoms with van der Waals surface area (Å²) in [6, 6.07) is -0.924. The first-order chi connectivity index (χ1) is 8.46. The van der Waals surface area contributed by atoms with E-state index in [4.69, 9.17) is 32.6 Å². The lowest BCUT2D eigenvalue weighted by atomic mass is 10.0. The van der Waals surface area contributed by atoms with Crippen LogP contribution in [0.5, 0.6) is 0 Å². The Bertz CT molecular complexity index is 362. The maximum Gasteiger partial charge on any atom is 0.345 e. The molecule has 1 aliphatic heterocycles. The standard InChI is InChI=1S/C9H14ClFN4O3/c10-3-9(4-16)1-5(11)7(18-9)15-8(17)14-6(13)2-12/h2,5,7,12,16H,1,3-4H2,(H3,13,14,15,17). The van der Waals surface area contributed by atoms with E-state index in [-0.39, 0.29) is 18.1 Å². The number of alkyl halides is 2. The van der Waals surface area contributed by atoms with Crippen LogP contribution >= 0.6 is 11.6 Å². The zero-order valence-corrected chi connectivity index (χ0v) is 10.2. The quantitative estimate of drug-likeness (QED) is 0.322. The smallest absolute Gasteiger partial charge is 0.345 e. The molecule has 2 amide bonds. The van der Waals surface area contributed by atoms with E-state index in [1.54, 1.807) is 0 Å². The van der Waals surface area contributed by atoms with Gasteiger partial charge >= 0.3 is 6.03 Å². The third-order valence-corrected chi connectivity index (χ3v) is 2.94. The number of aliphatic hydroxyl groups is 1. The van der Waals surface area contributed by atoms with Crippen molar-refractivity contribution in [2.75, 3.05) is 12.5 Å². The Kier molecular flexibility index (Phi) is 5.00. The van der Waals surface area contributed by atoms with Crippen LogP contribution in [0.2, 0.25) is 0 Å². The van der Waals surface area contributed by atoms with Crippen LogP contribution in [0.15, 0.2) is 4.99 Å². The molecule has 1 heterocycles. The summed E-state index contributed by atoms with van der Waals surface area (Å²) in [5.74, 6) is -0.408. The normalized spacial score (nSPS) is 32.3. The van der Waals surface area contributed by atoms with E-state index < -0.39 is 30.6 Å². The molecule has 102 valence electrons. The summed E-state index contributed by atoms with van der Waals surface area (Å²) in [6.45, 7) is -0.449. The highest BCUT2D eigenvalue weighted by molar-refractivity contribution is 6.29. The Morgan fingerprint density at radius 1 is 1.83 bits per heavy atom. The van der Waals surface area contributed by atoms with Crippen molar-refractivity contribution in [3.8, 4) is 0 Å². The van der Waals surface area contributed by atoms with Gasteiger partial charge in [-0.3, -0.25) is 0 Å². The maximum absolute atomic E-state index is 13.6. The van der Waals surface area contributed by atoms with E-state index in [2.05, 4.69) is 10.3 Å². The van der Waals surface area contributed by atoms with Crippen molar-refractivity contribution in [1.82, 2.24) is 5.32 Å². The minimum Gasteiger partial charge on any atom is -0.393 e. The molecule has 1 fully saturated rings. The molecule has 5 N–H and O–H groups in total. The number of nitrogens with zero attached hydrogens (tertiary/aromatic N) is 1. The van der Waals surface area contributed by atoms with Gasteiger partial charge in [-0.15, -0.1) is 11.6 Å². The first-order valence-corrected chi connectivity index (χ1v) is 5.63. The molecule has 0 aromatic rings. The second kappa shape index (κ2) is 6.07. The van der Waals surface area contributed by atoms with Gasteiger partial charge in [-0.25, -0.2) is 9.18 Å². The van der Waals surface area contributed by atoms with Crippen molar-refractivity contribution >= 4 is 29.7 Å². The molecule has 9 heteroatoms. The molecule has 0 aromatic carbocycles. The number of halogens is 2. The number of rotatable bonds is 4. The topological polar surface area (TPSA) is 121 Å². The molecular weight excluding hydrogens is 267 g/mol. The highest BCUT2D eigenvalue weighted by Crippen LogP contribution is 2.32. The molecule has 0 radical (unpaired) electrons. The Morgan fingerprint density at radius 3 is 2.94 bits per heavy atom. The number of nitrogens with two attached hydrogens (primary N) is 1. The Labute approximate surface area is 108 Å². The molecule has 0 aliphatic carbocycles. The number of amidine groups is 1. The number of ether oxygens (including phenoxy) is 1. The molecule has 1 saturated heterocycles. The van der Waals surface area contributed by atoms with Crippen LogP contribution in [-0.4, -0.2) is 53.7 Å². The Morgan fingerprint density at radius 2 is 2.50 bits per heavy atom. The van der Waals surface area contributed by atoms with Gasteiger partial charge in [-0.1, -0.05) is 0 Å². The first kappa shape index (κ1) is 14.8. The largest absolute Gasteiger partial charge is 0.393 e. The molecule has 0 saturated carbocycles. The molecule has 0 bridgehead atoms. The molecule has 3 unspecified atom stereocenters. The highest BCUT2D eigenvalue weighted by atomic mass is 35.5. The number of hydrogen-bond acceptors (Lipinski definition) is 4. The predicted molar refractivity (Wildman–Crippen MR) is 63.9 cm³/mol. The van der Waals surface area contributed by atoms with E-state index in [0.29, 0.717) is 6.21 Å². The number of nitrogens with one attached hydrogen (secondary N) is 2. The third kappa shape index (κ3) is 3.37. The van der Waals surface area contributed by atoms with Crippen molar-refractivity contribution in [1.29, 1.82) is 5.41 Å². The minimum absolute atomic E-state index is 0.0950. The predicted octanol–water partition coefficient (Wildman–Crippen LogP) is -0.243. The summed E-state index contributed by atoms with van der Waals surface area (Å²) < 4.78 is 18.8. The van der Waals surface area contributed by atoms with Gasteiger partial charge in [0.15, 0.2) is 6.23 Å². The van der Waals surface area contributed by atoms with Gasteiger partial charge in [0, 0.05) is 6.42 Å². The van der Waals surface area contributed by atoms with Gasteiger partial charge in [0.05, 0.1) is 18.7 Å². The van der Waals surface area contributed by atoms with E-state index in [1.165, 1.54) is 0 Å². The van der Waals surface area contributed by atoms with Crippen LogP contribution in [0.3, 0.4) is 0 Å². The summed E-state index contributed by atoms with van der Waals surface area (Å²) >= 11 is 5.60. The van der Waals surface area contributed by atoms with E-state index in [1.807, 2.05) is 0 Å². The van der Waals surface area contributed by atoms with Crippen molar-refractivity contribution in [3.63, 3.8) is 0 Å².